The van der Waals surface area contributed by atoms with Crippen molar-refractivity contribution in [3.63, 3.8) is 0 Å². The molecule has 1 aromatic heterocycles. The number of nitrogens with zero attached hydrogens (tertiary/aromatic N) is 1. The van der Waals surface area contributed by atoms with Crippen LogP contribution in [0, 0.1) is 11.8 Å². The molecule has 0 aliphatic rings. The fourth-order valence-electron chi connectivity index (χ4n) is 2.06. The number of thiophene rings is 1. The largest absolute Gasteiger partial charge is 0.395 e. The van der Waals surface area contributed by atoms with Crippen LogP contribution >= 0.6 is 11.3 Å². The number of hydrogen-bond acceptors (Lipinski definition) is 3. The lowest BCUT2D eigenvalue weighted by Crippen LogP contribution is -2.20. The summed E-state index contributed by atoms with van der Waals surface area (Å²) < 4.78 is 0. The second-order valence-corrected chi connectivity index (χ2v) is 6.07. The molecule has 2 aromatic rings. The number of hydrogen-bond donors (Lipinski definition) is 1. The highest BCUT2D eigenvalue weighted by Crippen LogP contribution is 2.11. The van der Waals surface area contributed by atoms with Gasteiger partial charge in [0.1, 0.15) is 0 Å². The zero-order chi connectivity index (χ0) is 14.9. The third kappa shape index (κ3) is 5.73. The van der Waals surface area contributed by atoms with Crippen molar-refractivity contribution in [2.45, 2.75) is 19.4 Å². The zero-order valence-electron chi connectivity index (χ0n) is 12.4. The maximum Gasteiger partial charge on any atom is 0.0540 e. The highest BCUT2D eigenvalue weighted by Gasteiger charge is 2.02. The van der Waals surface area contributed by atoms with Crippen LogP contribution in [0.2, 0.25) is 0 Å². The maximum atomic E-state index is 8.70. The second-order valence-electron chi connectivity index (χ2n) is 5.04. The van der Waals surface area contributed by atoms with Gasteiger partial charge in [-0.15, -0.1) is 11.3 Å². The van der Waals surface area contributed by atoms with Gasteiger partial charge in [-0.25, -0.2) is 0 Å². The Hall–Kier alpha value is -1.60. The smallest absolute Gasteiger partial charge is 0.0540 e. The number of likely N-dealkylation sites (N-methyl/N-ethyl adjacent to an activating group) is 1. The average molecular weight is 299 g/mol. The Kier molecular flexibility index (Phi) is 6.49. The van der Waals surface area contributed by atoms with E-state index in [0.29, 0.717) is 6.42 Å². The van der Waals surface area contributed by atoms with Crippen LogP contribution in [0.25, 0.3) is 0 Å². The SMILES string of the molecule is CN(CCc1cccs1)Cc1ccc(C#CCCO)cc1. The normalized spacial score (nSPS) is 10.4. The third-order valence-electron chi connectivity index (χ3n) is 3.20. The van der Waals surface area contributed by atoms with Gasteiger partial charge in [0.15, 0.2) is 0 Å². The van der Waals surface area contributed by atoms with Gasteiger partial charge in [-0.05, 0) is 42.6 Å². The fraction of sp³-hybridized carbons (Fsp3) is 0.333. The lowest BCUT2D eigenvalue weighted by Gasteiger charge is -2.16. The molecule has 0 unspecified atom stereocenters. The molecular formula is C18H21NOS. The van der Waals surface area contributed by atoms with Crippen LogP contribution in [0.1, 0.15) is 22.4 Å². The number of aliphatic hydroxyl groups excluding tert-OH is 1. The summed E-state index contributed by atoms with van der Waals surface area (Å²) >= 11 is 1.82. The van der Waals surface area contributed by atoms with Crippen molar-refractivity contribution in [3.8, 4) is 11.8 Å². The fourth-order valence-corrected chi connectivity index (χ4v) is 2.76. The number of benzene rings is 1. The molecule has 1 N–H and O–H groups in total. The summed E-state index contributed by atoms with van der Waals surface area (Å²) in [6.45, 7) is 2.15. The minimum absolute atomic E-state index is 0.125. The summed E-state index contributed by atoms with van der Waals surface area (Å²) in [7, 11) is 2.16. The molecule has 0 fully saturated rings. The standard InChI is InChI=1S/C18H21NOS/c1-19(12-11-18-6-4-14-21-18)15-17-9-7-16(8-10-17)5-2-3-13-20/h4,6-10,14,20H,3,11-13,15H2,1H3. The molecular weight excluding hydrogens is 278 g/mol. The molecule has 0 saturated carbocycles. The van der Waals surface area contributed by atoms with Crippen molar-refractivity contribution in [3.05, 3.63) is 57.8 Å². The van der Waals surface area contributed by atoms with E-state index in [2.05, 4.69) is 53.4 Å². The first-order chi connectivity index (χ1) is 10.3. The Labute approximate surface area is 131 Å². The van der Waals surface area contributed by atoms with Crippen LogP contribution < -0.4 is 0 Å². The highest BCUT2D eigenvalue weighted by atomic mass is 32.1. The molecule has 0 bridgehead atoms. The predicted molar refractivity (Wildman–Crippen MR) is 89.4 cm³/mol. The quantitative estimate of drug-likeness (QED) is 0.828. The summed E-state index contributed by atoms with van der Waals surface area (Å²) in [4.78, 5) is 3.78. The van der Waals surface area contributed by atoms with Crippen LogP contribution in [0.4, 0.5) is 0 Å². The molecule has 0 radical (unpaired) electrons. The molecule has 0 spiro atoms. The first-order valence-electron chi connectivity index (χ1n) is 7.17. The van der Waals surface area contributed by atoms with Gasteiger partial charge >= 0.3 is 0 Å². The predicted octanol–water partition coefficient (Wildman–Crippen LogP) is 3.16. The molecule has 110 valence electrons. The molecule has 0 saturated heterocycles. The Balaban J connectivity index is 1.81. The van der Waals surface area contributed by atoms with Gasteiger partial charge in [-0.3, -0.25) is 0 Å². The number of rotatable bonds is 6. The minimum Gasteiger partial charge on any atom is -0.395 e. The van der Waals surface area contributed by atoms with Gasteiger partial charge < -0.3 is 10.0 Å². The summed E-state index contributed by atoms with van der Waals surface area (Å²) in [5, 5.41) is 10.8. The Morgan fingerprint density at radius 3 is 2.67 bits per heavy atom. The number of aliphatic hydroxyl groups is 1. The van der Waals surface area contributed by atoms with Gasteiger partial charge in [0.25, 0.3) is 0 Å². The molecule has 0 atom stereocenters. The summed E-state index contributed by atoms with van der Waals surface area (Å²) in [6.07, 6.45) is 1.64. The third-order valence-corrected chi connectivity index (χ3v) is 4.13. The molecule has 0 aliphatic heterocycles. The lowest BCUT2D eigenvalue weighted by atomic mass is 10.1. The molecule has 2 rings (SSSR count). The van der Waals surface area contributed by atoms with Gasteiger partial charge in [0, 0.05) is 30.0 Å². The van der Waals surface area contributed by atoms with E-state index in [4.69, 9.17) is 5.11 Å². The first-order valence-corrected chi connectivity index (χ1v) is 8.05. The van der Waals surface area contributed by atoms with Gasteiger partial charge in [0.2, 0.25) is 0 Å². The lowest BCUT2D eigenvalue weighted by molar-refractivity contribution is 0.305. The van der Waals surface area contributed by atoms with Crippen molar-refractivity contribution < 1.29 is 5.11 Å². The summed E-state index contributed by atoms with van der Waals surface area (Å²) in [5.74, 6) is 5.99. The molecule has 0 aliphatic carbocycles. The minimum atomic E-state index is 0.125. The van der Waals surface area contributed by atoms with Crippen molar-refractivity contribution >= 4 is 11.3 Å². The van der Waals surface area contributed by atoms with Crippen LogP contribution in [0.15, 0.2) is 41.8 Å². The summed E-state index contributed by atoms with van der Waals surface area (Å²) in [5.41, 5.74) is 2.31. The monoisotopic (exact) mass is 299 g/mol. The van der Waals surface area contributed by atoms with E-state index in [-0.39, 0.29) is 6.61 Å². The van der Waals surface area contributed by atoms with Crippen LogP contribution in [0.3, 0.4) is 0 Å². The van der Waals surface area contributed by atoms with E-state index in [0.717, 1.165) is 25.1 Å². The van der Waals surface area contributed by atoms with Crippen LogP contribution in [-0.4, -0.2) is 30.2 Å². The van der Waals surface area contributed by atoms with Crippen LogP contribution in [-0.2, 0) is 13.0 Å². The summed E-state index contributed by atoms with van der Waals surface area (Å²) in [6, 6.07) is 12.7. The van der Waals surface area contributed by atoms with E-state index in [1.54, 1.807) is 0 Å². The zero-order valence-corrected chi connectivity index (χ0v) is 13.2. The van der Waals surface area contributed by atoms with E-state index in [1.165, 1.54) is 10.4 Å². The van der Waals surface area contributed by atoms with E-state index >= 15 is 0 Å². The van der Waals surface area contributed by atoms with Crippen molar-refractivity contribution in [2.75, 3.05) is 20.2 Å². The molecule has 1 aromatic carbocycles. The molecule has 0 amide bonds. The van der Waals surface area contributed by atoms with Crippen molar-refractivity contribution in [1.82, 2.24) is 4.90 Å². The maximum absolute atomic E-state index is 8.70. The van der Waals surface area contributed by atoms with Gasteiger partial charge in [-0.2, -0.15) is 0 Å². The van der Waals surface area contributed by atoms with Crippen molar-refractivity contribution in [2.24, 2.45) is 0 Å². The molecule has 3 heteroatoms. The highest BCUT2D eigenvalue weighted by molar-refractivity contribution is 7.09. The topological polar surface area (TPSA) is 23.5 Å². The van der Waals surface area contributed by atoms with Crippen LogP contribution in [0.5, 0.6) is 0 Å². The second kappa shape index (κ2) is 8.63. The Morgan fingerprint density at radius 2 is 2.00 bits per heavy atom. The van der Waals surface area contributed by atoms with Gasteiger partial charge in [0.05, 0.1) is 6.61 Å². The van der Waals surface area contributed by atoms with Crippen molar-refractivity contribution in [1.29, 1.82) is 0 Å². The van der Waals surface area contributed by atoms with E-state index < -0.39 is 0 Å². The van der Waals surface area contributed by atoms with E-state index in [1.807, 2.05) is 23.5 Å². The first kappa shape index (κ1) is 15.8. The molecule has 1 heterocycles. The van der Waals surface area contributed by atoms with E-state index in [9.17, 15) is 0 Å². The Morgan fingerprint density at radius 1 is 1.19 bits per heavy atom. The Bertz CT molecular complexity index is 578. The molecule has 21 heavy (non-hydrogen) atoms. The van der Waals surface area contributed by atoms with Gasteiger partial charge in [-0.1, -0.05) is 30.0 Å². The average Bonchev–Trinajstić information content (AvgIpc) is 3.01. The molecule has 2 nitrogen and oxygen atoms in total.